The van der Waals surface area contributed by atoms with E-state index in [2.05, 4.69) is 27.5 Å². The molecule has 0 aliphatic rings. The van der Waals surface area contributed by atoms with Crippen LogP contribution in [0.5, 0.6) is 0 Å². The molecule has 0 fully saturated rings. The first-order valence-electron chi connectivity index (χ1n) is 7.60. The fourth-order valence-corrected chi connectivity index (χ4v) is 2.01. The van der Waals surface area contributed by atoms with E-state index in [1.54, 1.807) is 14.2 Å². The van der Waals surface area contributed by atoms with Gasteiger partial charge in [0, 0.05) is 53.2 Å². The number of aromatic nitrogens is 3. The van der Waals surface area contributed by atoms with Crippen LogP contribution in [0.1, 0.15) is 19.0 Å². The molecular formula is C14H29N5O2. The minimum Gasteiger partial charge on any atom is -0.385 e. The van der Waals surface area contributed by atoms with Crippen molar-refractivity contribution in [2.75, 3.05) is 53.6 Å². The zero-order valence-electron chi connectivity index (χ0n) is 13.5. The van der Waals surface area contributed by atoms with Crippen LogP contribution in [0.25, 0.3) is 0 Å². The quantitative estimate of drug-likeness (QED) is 0.531. The molecule has 0 spiro atoms. The van der Waals surface area contributed by atoms with E-state index >= 15 is 0 Å². The van der Waals surface area contributed by atoms with E-state index in [4.69, 9.17) is 9.47 Å². The summed E-state index contributed by atoms with van der Waals surface area (Å²) in [5.41, 5.74) is 0.986. The van der Waals surface area contributed by atoms with Crippen LogP contribution in [0.2, 0.25) is 0 Å². The van der Waals surface area contributed by atoms with Crippen LogP contribution in [0.3, 0.4) is 0 Å². The molecule has 1 rings (SSSR count). The average Bonchev–Trinajstić information content (AvgIpc) is 2.95. The Morgan fingerprint density at radius 3 is 2.71 bits per heavy atom. The largest absolute Gasteiger partial charge is 0.385 e. The molecule has 1 heterocycles. The van der Waals surface area contributed by atoms with Gasteiger partial charge in [0.2, 0.25) is 0 Å². The summed E-state index contributed by atoms with van der Waals surface area (Å²) in [4.78, 5) is 2.37. The molecule has 21 heavy (non-hydrogen) atoms. The second-order valence-electron chi connectivity index (χ2n) is 4.93. The predicted octanol–water partition coefficient (Wildman–Crippen LogP) is 0.373. The van der Waals surface area contributed by atoms with Gasteiger partial charge in [-0.05, 0) is 13.0 Å². The molecule has 0 unspecified atom stereocenters. The monoisotopic (exact) mass is 299 g/mol. The summed E-state index contributed by atoms with van der Waals surface area (Å²) in [6.45, 7) is 9.06. The summed E-state index contributed by atoms with van der Waals surface area (Å²) >= 11 is 0. The van der Waals surface area contributed by atoms with Crippen molar-refractivity contribution in [3.63, 3.8) is 0 Å². The first-order valence-corrected chi connectivity index (χ1v) is 7.60. The molecule has 122 valence electrons. The van der Waals surface area contributed by atoms with Crippen molar-refractivity contribution in [3.8, 4) is 0 Å². The third-order valence-electron chi connectivity index (χ3n) is 3.22. The molecule has 1 aromatic rings. The summed E-state index contributed by atoms with van der Waals surface area (Å²) in [5.74, 6) is 0. The highest BCUT2D eigenvalue weighted by Crippen LogP contribution is 1.97. The summed E-state index contributed by atoms with van der Waals surface area (Å²) < 4.78 is 12.2. The molecule has 0 saturated carbocycles. The summed E-state index contributed by atoms with van der Waals surface area (Å²) in [5, 5.41) is 11.6. The number of rotatable bonds is 13. The molecular weight excluding hydrogens is 270 g/mol. The van der Waals surface area contributed by atoms with Gasteiger partial charge in [-0.3, -0.25) is 9.58 Å². The SMILES string of the molecule is CCNCc1cn(CCN(CCCOC)CCOC)nn1. The Bertz CT molecular complexity index is 359. The van der Waals surface area contributed by atoms with Crippen molar-refractivity contribution >= 4 is 0 Å². The van der Waals surface area contributed by atoms with Gasteiger partial charge in [0.1, 0.15) is 0 Å². The van der Waals surface area contributed by atoms with Gasteiger partial charge in [0.05, 0.1) is 18.8 Å². The molecule has 1 aromatic heterocycles. The predicted molar refractivity (Wildman–Crippen MR) is 82.2 cm³/mol. The van der Waals surface area contributed by atoms with Gasteiger partial charge in [-0.15, -0.1) is 5.10 Å². The lowest BCUT2D eigenvalue weighted by atomic mass is 10.3. The molecule has 0 amide bonds. The Morgan fingerprint density at radius 2 is 2.00 bits per heavy atom. The molecule has 7 nitrogen and oxygen atoms in total. The Kier molecular flexibility index (Phi) is 9.98. The lowest BCUT2D eigenvalue weighted by Gasteiger charge is -2.21. The molecule has 0 aliphatic heterocycles. The summed E-state index contributed by atoms with van der Waals surface area (Å²) in [6, 6.07) is 0. The summed E-state index contributed by atoms with van der Waals surface area (Å²) in [6.07, 6.45) is 3.04. The second-order valence-corrected chi connectivity index (χ2v) is 4.93. The van der Waals surface area contributed by atoms with Crippen molar-refractivity contribution in [2.24, 2.45) is 0 Å². The van der Waals surface area contributed by atoms with Crippen molar-refractivity contribution in [1.82, 2.24) is 25.2 Å². The van der Waals surface area contributed by atoms with E-state index in [0.717, 1.165) is 64.6 Å². The van der Waals surface area contributed by atoms with Gasteiger partial charge in [-0.1, -0.05) is 12.1 Å². The number of nitrogens with zero attached hydrogens (tertiary/aromatic N) is 4. The normalized spacial score (nSPS) is 11.4. The second kappa shape index (κ2) is 11.6. The van der Waals surface area contributed by atoms with Crippen molar-refractivity contribution in [1.29, 1.82) is 0 Å². The van der Waals surface area contributed by atoms with E-state index in [1.807, 2.05) is 10.9 Å². The Balaban J connectivity index is 2.34. The Labute approximate surface area is 127 Å². The maximum atomic E-state index is 5.16. The Morgan fingerprint density at radius 1 is 1.19 bits per heavy atom. The van der Waals surface area contributed by atoms with Crippen molar-refractivity contribution < 1.29 is 9.47 Å². The van der Waals surface area contributed by atoms with Crippen molar-refractivity contribution in [3.05, 3.63) is 11.9 Å². The highest BCUT2D eigenvalue weighted by molar-refractivity contribution is 4.91. The third-order valence-corrected chi connectivity index (χ3v) is 3.22. The van der Waals surface area contributed by atoms with Gasteiger partial charge in [-0.25, -0.2) is 0 Å². The van der Waals surface area contributed by atoms with E-state index < -0.39 is 0 Å². The zero-order valence-corrected chi connectivity index (χ0v) is 13.5. The highest BCUT2D eigenvalue weighted by atomic mass is 16.5. The van der Waals surface area contributed by atoms with Crippen LogP contribution in [-0.4, -0.2) is 73.5 Å². The van der Waals surface area contributed by atoms with E-state index in [0.29, 0.717) is 0 Å². The zero-order chi connectivity index (χ0) is 15.3. The van der Waals surface area contributed by atoms with Crippen LogP contribution in [0, 0.1) is 0 Å². The van der Waals surface area contributed by atoms with Crippen molar-refractivity contribution in [2.45, 2.75) is 26.4 Å². The minimum atomic E-state index is 0.746. The van der Waals surface area contributed by atoms with Gasteiger partial charge in [0.15, 0.2) is 0 Å². The topological polar surface area (TPSA) is 64.4 Å². The summed E-state index contributed by atoms with van der Waals surface area (Å²) in [7, 11) is 3.47. The van der Waals surface area contributed by atoms with Crippen LogP contribution >= 0.6 is 0 Å². The molecule has 0 atom stereocenters. The lowest BCUT2D eigenvalue weighted by molar-refractivity contribution is 0.130. The number of ether oxygens (including phenoxy) is 2. The number of nitrogens with one attached hydrogen (secondary N) is 1. The molecule has 0 saturated heterocycles. The van der Waals surface area contributed by atoms with E-state index in [-0.39, 0.29) is 0 Å². The molecule has 7 heteroatoms. The van der Waals surface area contributed by atoms with Crippen LogP contribution in [0.15, 0.2) is 6.20 Å². The highest BCUT2D eigenvalue weighted by Gasteiger charge is 2.06. The minimum absolute atomic E-state index is 0.746. The van der Waals surface area contributed by atoms with Gasteiger partial charge < -0.3 is 14.8 Å². The van der Waals surface area contributed by atoms with Gasteiger partial charge >= 0.3 is 0 Å². The van der Waals surface area contributed by atoms with Crippen LogP contribution in [-0.2, 0) is 22.6 Å². The van der Waals surface area contributed by atoms with E-state index in [1.165, 1.54) is 0 Å². The van der Waals surface area contributed by atoms with Crippen LogP contribution < -0.4 is 5.32 Å². The number of hydrogen-bond acceptors (Lipinski definition) is 6. The lowest BCUT2D eigenvalue weighted by Crippen LogP contribution is -2.32. The number of hydrogen-bond donors (Lipinski definition) is 1. The first kappa shape index (κ1) is 18.0. The van der Waals surface area contributed by atoms with Gasteiger partial charge in [-0.2, -0.15) is 0 Å². The Hall–Kier alpha value is -1.02. The molecule has 0 aromatic carbocycles. The van der Waals surface area contributed by atoms with E-state index in [9.17, 15) is 0 Å². The van der Waals surface area contributed by atoms with Crippen LogP contribution in [0.4, 0.5) is 0 Å². The fourth-order valence-electron chi connectivity index (χ4n) is 2.01. The maximum absolute atomic E-state index is 5.16. The molecule has 0 bridgehead atoms. The molecule has 0 radical (unpaired) electrons. The average molecular weight is 299 g/mol. The maximum Gasteiger partial charge on any atom is 0.0964 e. The fraction of sp³-hybridized carbons (Fsp3) is 0.857. The smallest absolute Gasteiger partial charge is 0.0964 e. The standard InChI is InChI=1S/C14H29N5O2/c1-4-15-12-14-13-19(17-16-14)8-7-18(9-11-21-3)6-5-10-20-2/h13,15H,4-12H2,1-3H3. The van der Waals surface area contributed by atoms with Gasteiger partial charge in [0.25, 0.3) is 0 Å². The third kappa shape index (κ3) is 8.11. The molecule has 1 N–H and O–H groups in total. The molecule has 0 aliphatic carbocycles. The first-order chi connectivity index (χ1) is 10.3. The number of methoxy groups -OCH3 is 2.